The minimum Gasteiger partial charge on any atom is -0.455 e. The Morgan fingerprint density at radius 1 is 0.411 bits per heavy atom. The van der Waals surface area contributed by atoms with Crippen LogP contribution in [-0.2, 0) is 0 Å². The van der Waals surface area contributed by atoms with Gasteiger partial charge in [-0.15, -0.1) is 11.3 Å². The number of para-hydroxylation sites is 1. The van der Waals surface area contributed by atoms with Crippen molar-refractivity contribution in [1.29, 1.82) is 0 Å². The Morgan fingerprint density at radius 3 is 1.96 bits per heavy atom. The summed E-state index contributed by atoms with van der Waals surface area (Å²) in [6.45, 7) is 0. The first-order valence-corrected chi connectivity index (χ1v) is 19.7. The van der Waals surface area contributed by atoms with E-state index in [1.165, 1.54) is 48.1 Å². The lowest BCUT2D eigenvalue weighted by molar-refractivity contribution is 0.670. The summed E-state index contributed by atoms with van der Waals surface area (Å²) in [6.07, 6.45) is 0. The Labute approximate surface area is 325 Å². The lowest BCUT2D eigenvalue weighted by Crippen LogP contribution is -1.95. The second-order valence-corrected chi connectivity index (χ2v) is 15.5. The maximum atomic E-state index is 6.80. The molecule has 3 nitrogen and oxygen atoms in total. The van der Waals surface area contributed by atoms with E-state index in [1.54, 1.807) is 11.3 Å². The van der Waals surface area contributed by atoms with Gasteiger partial charge in [0.05, 0.1) is 15.9 Å². The molecule has 0 amide bonds. The zero-order chi connectivity index (χ0) is 36.7. The highest BCUT2D eigenvalue weighted by molar-refractivity contribution is 7.26. The first kappa shape index (κ1) is 31.2. The Morgan fingerprint density at radius 2 is 1.09 bits per heavy atom. The summed E-state index contributed by atoms with van der Waals surface area (Å²) in [7, 11) is 0. The zero-order valence-corrected chi connectivity index (χ0v) is 30.8. The average Bonchev–Trinajstić information content (AvgIpc) is 3.85. The van der Waals surface area contributed by atoms with Crippen molar-refractivity contribution < 1.29 is 4.42 Å². The minimum atomic E-state index is 0.687. The van der Waals surface area contributed by atoms with Crippen LogP contribution in [0.1, 0.15) is 0 Å². The summed E-state index contributed by atoms with van der Waals surface area (Å²) in [5, 5.41) is 10.4. The van der Waals surface area contributed by atoms with E-state index in [-0.39, 0.29) is 0 Å². The number of hydrogen-bond acceptors (Lipinski definition) is 4. The van der Waals surface area contributed by atoms with E-state index in [0.717, 1.165) is 65.5 Å². The van der Waals surface area contributed by atoms with Crippen LogP contribution in [0.25, 0.3) is 119 Å². The lowest BCUT2D eigenvalue weighted by atomic mass is 9.95. The van der Waals surface area contributed by atoms with Gasteiger partial charge in [-0.2, -0.15) is 0 Å². The smallest absolute Gasteiger partial charge is 0.161 e. The molecular formula is C52H30N2OS. The number of thiophene rings is 1. The van der Waals surface area contributed by atoms with Crippen LogP contribution in [0, 0.1) is 0 Å². The molecule has 0 fully saturated rings. The number of furan rings is 1. The molecule has 0 saturated carbocycles. The van der Waals surface area contributed by atoms with Crippen LogP contribution in [0.4, 0.5) is 0 Å². The van der Waals surface area contributed by atoms with Crippen molar-refractivity contribution in [3.8, 4) is 44.9 Å². The van der Waals surface area contributed by atoms with Crippen molar-refractivity contribution in [3.63, 3.8) is 0 Å². The van der Waals surface area contributed by atoms with Crippen molar-refractivity contribution >= 4 is 85.9 Å². The second-order valence-electron chi connectivity index (χ2n) is 14.5. The SMILES string of the molecule is c1ccc(-c2ccc3cc(-c4cccc5c4oc4cccc(-c6nc(-c7cc8ccccc8c8ccccc78)c7sc8ccccc8c7n6)c45)ccc3c2)cc1. The molecule has 0 aliphatic heterocycles. The third-order valence-electron chi connectivity index (χ3n) is 11.3. The molecule has 260 valence electrons. The molecule has 56 heavy (non-hydrogen) atoms. The number of benzene rings is 9. The molecule has 3 heterocycles. The lowest BCUT2D eigenvalue weighted by Gasteiger charge is -2.13. The van der Waals surface area contributed by atoms with Gasteiger partial charge >= 0.3 is 0 Å². The van der Waals surface area contributed by atoms with E-state index < -0.39 is 0 Å². The van der Waals surface area contributed by atoms with Gasteiger partial charge in [-0.05, 0) is 79.3 Å². The standard InChI is InChI=1S/C52H30N2OS/c1-2-12-31(13-3-1)32-24-25-34-29-36(27-26-33(34)28-32)38-19-10-20-42-47-43(21-11-22-45(47)55-50(38)42)52-53-48-41-18-8-9-23-46(41)56-51(48)49(54-52)44-30-35-14-4-5-15-37(35)39-16-6-7-17-40(39)44/h1-30H. The summed E-state index contributed by atoms with van der Waals surface area (Å²) in [5.41, 5.74) is 10.3. The van der Waals surface area contributed by atoms with Crippen LogP contribution >= 0.6 is 11.3 Å². The molecule has 0 unspecified atom stereocenters. The Hall–Kier alpha value is -7.14. The Balaban J connectivity index is 1.08. The summed E-state index contributed by atoms with van der Waals surface area (Å²) in [6, 6.07) is 64.8. The maximum absolute atomic E-state index is 6.80. The van der Waals surface area contributed by atoms with Crippen LogP contribution in [0.5, 0.6) is 0 Å². The molecule has 3 aromatic heterocycles. The molecule has 0 spiro atoms. The van der Waals surface area contributed by atoms with E-state index in [9.17, 15) is 0 Å². The van der Waals surface area contributed by atoms with Gasteiger partial charge in [0, 0.05) is 37.5 Å². The number of hydrogen-bond donors (Lipinski definition) is 0. The van der Waals surface area contributed by atoms with Gasteiger partial charge in [-0.25, -0.2) is 9.97 Å². The molecule has 0 saturated heterocycles. The van der Waals surface area contributed by atoms with Gasteiger partial charge in [0.2, 0.25) is 0 Å². The molecule has 0 aliphatic rings. The first-order valence-electron chi connectivity index (χ1n) is 18.9. The zero-order valence-electron chi connectivity index (χ0n) is 30.0. The van der Waals surface area contributed by atoms with Gasteiger partial charge in [-0.3, -0.25) is 0 Å². The molecule has 0 aliphatic carbocycles. The van der Waals surface area contributed by atoms with E-state index in [4.69, 9.17) is 14.4 Å². The van der Waals surface area contributed by atoms with Crippen LogP contribution < -0.4 is 0 Å². The third-order valence-corrected chi connectivity index (χ3v) is 12.4. The molecule has 12 aromatic rings. The fraction of sp³-hybridized carbons (Fsp3) is 0. The highest BCUT2D eigenvalue weighted by Crippen LogP contribution is 2.45. The first-order chi connectivity index (χ1) is 27.7. The van der Waals surface area contributed by atoms with Crippen LogP contribution in [0.2, 0.25) is 0 Å². The van der Waals surface area contributed by atoms with Gasteiger partial charge in [0.15, 0.2) is 5.82 Å². The Kier molecular flexibility index (Phi) is 6.80. The molecule has 9 aromatic carbocycles. The van der Waals surface area contributed by atoms with Crippen molar-refractivity contribution in [2.75, 3.05) is 0 Å². The molecule has 0 bridgehead atoms. The van der Waals surface area contributed by atoms with E-state index in [2.05, 4.69) is 182 Å². The number of rotatable bonds is 4. The van der Waals surface area contributed by atoms with Crippen molar-refractivity contribution in [1.82, 2.24) is 9.97 Å². The second kappa shape index (κ2) is 12.2. The number of nitrogens with zero attached hydrogens (tertiary/aromatic N) is 2. The predicted molar refractivity (Wildman–Crippen MR) is 236 cm³/mol. The fourth-order valence-electron chi connectivity index (χ4n) is 8.63. The van der Waals surface area contributed by atoms with Crippen molar-refractivity contribution in [2.24, 2.45) is 0 Å². The Bertz CT molecular complexity index is 3540. The van der Waals surface area contributed by atoms with Gasteiger partial charge in [0.25, 0.3) is 0 Å². The van der Waals surface area contributed by atoms with Crippen LogP contribution in [-0.4, -0.2) is 9.97 Å². The summed E-state index contributed by atoms with van der Waals surface area (Å²) >= 11 is 1.77. The quantitative estimate of drug-likeness (QED) is 0.169. The average molecular weight is 731 g/mol. The summed E-state index contributed by atoms with van der Waals surface area (Å²) in [4.78, 5) is 10.9. The highest BCUT2D eigenvalue weighted by Gasteiger charge is 2.22. The largest absolute Gasteiger partial charge is 0.455 e. The molecule has 0 atom stereocenters. The fourth-order valence-corrected chi connectivity index (χ4v) is 9.77. The predicted octanol–water partition coefficient (Wildman–Crippen LogP) is 14.9. The van der Waals surface area contributed by atoms with Gasteiger partial charge in [-0.1, -0.05) is 152 Å². The minimum absolute atomic E-state index is 0.687. The maximum Gasteiger partial charge on any atom is 0.161 e. The van der Waals surface area contributed by atoms with Crippen LogP contribution in [0.15, 0.2) is 186 Å². The molecular weight excluding hydrogens is 701 g/mol. The van der Waals surface area contributed by atoms with E-state index in [1.807, 2.05) is 0 Å². The van der Waals surface area contributed by atoms with Crippen LogP contribution in [0.3, 0.4) is 0 Å². The highest BCUT2D eigenvalue weighted by atomic mass is 32.1. The summed E-state index contributed by atoms with van der Waals surface area (Å²) in [5.74, 6) is 0.687. The van der Waals surface area contributed by atoms with Gasteiger partial charge in [0.1, 0.15) is 11.2 Å². The molecule has 12 rings (SSSR count). The van der Waals surface area contributed by atoms with E-state index >= 15 is 0 Å². The molecule has 4 heteroatoms. The molecule has 0 N–H and O–H groups in total. The topological polar surface area (TPSA) is 38.9 Å². The summed E-state index contributed by atoms with van der Waals surface area (Å²) < 4.78 is 9.09. The number of aromatic nitrogens is 2. The van der Waals surface area contributed by atoms with E-state index in [0.29, 0.717) is 5.82 Å². The van der Waals surface area contributed by atoms with Gasteiger partial charge < -0.3 is 4.42 Å². The normalized spacial score (nSPS) is 11.9. The van der Waals surface area contributed by atoms with Crippen molar-refractivity contribution in [2.45, 2.75) is 0 Å². The number of fused-ring (bicyclic) bond motifs is 10. The third kappa shape index (κ3) is 4.76. The molecule has 0 radical (unpaired) electrons. The van der Waals surface area contributed by atoms with Crippen molar-refractivity contribution in [3.05, 3.63) is 182 Å². The monoisotopic (exact) mass is 730 g/mol.